The lowest BCUT2D eigenvalue weighted by Crippen LogP contribution is -2.13. The van der Waals surface area contributed by atoms with Crippen LogP contribution in [0.2, 0.25) is 0 Å². The molecule has 9 nitrogen and oxygen atoms in total. The Kier molecular flexibility index (Phi) is 4.50. The van der Waals surface area contributed by atoms with Crippen LogP contribution in [0, 0.1) is 0 Å². The lowest BCUT2D eigenvalue weighted by Gasteiger charge is -2.07. The van der Waals surface area contributed by atoms with Crippen molar-refractivity contribution in [3.63, 3.8) is 0 Å². The van der Waals surface area contributed by atoms with Gasteiger partial charge in [0.05, 0.1) is 0 Å². The van der Waals surface area contributed by atoms with Crippen LogP contribution in [0.5, 0.6) is 5.75 Å². The fraction of sp³-hybridized carbons (Fsp3) is 0.267. The summed E-state index contributed by atoms with van der Waals surface area (Å²) >= 11 is 0. The first kappa shape index (κ1) is 15.7. The summed E-state index contributed by atoms with van der Waals surface area (Å²) in [6.07, 6.45) is 1.81. The number of hydrogen-bond donors (Lipinski definition) is 1. The van der Waals surface area contributed by atoms with E-state index in [4.69, 9.17) is 4.74 Å². The van der Waals surface area contributed by atoms with E-state index in [1.54, 1.807) is 42.1 Å². The Balaban J connectivity index is 1.65. The van der Waals surface area contributed by atoms with Gasteiger partial charge >= 0.3 is 0 Å². The lowest BCUT2D eigenvalue weighted by molar-refractivity contribution is 0.102. The molecule has 0 spiro atoms. The molecule has 9 heteroatoms. The first-order chi connectivity index (χ1) is 11.7. The number of amides is 1. The van der Waals surface area contributed by atoms with Crippen LogP contribution in [0.1, 0.15) is 23.1 Å². The maximum atomic E-state index is 12.3. The highest BCUT2D eigenvalue weighted by Crippen LogP contribution is 2.16. The molecule has 0 atom stereocenters. The van der Waals surface area contributed by atoms with Gasteiger partial charge in [-0.2, -0.15) is 5.10 Å². The highest BCUT2D eigenvalue weighted by molar-refractivity contribution is 6.03. The van der Waals surface area contributed by atoms with E-state index in [1.807, 2.05) is 13.1 Å². The number of aryl methyl sites for hydroxylation is 2. The molecule has 0 aliphatic rings. The van der Waals surface area contributed by atoms with Crippen molar-refractivity contribution in [1.82, 2.24) is 30.0 Å². The van der Waals surface area contributed by atoms with Crippen LogP contribution in [0.25, 0.3) is 0 Å². The van der Waals surface area contributed by atoms with Crippen molar-refractivity contribution in [2.24, 2.45) is 7.05 Å². The fourth-order valence-electron chi connectivity index (χ4n) is 2.04. The first-order valence-corrected chi connectivity index (χ1v) is 7.44. The molecule has 0 radical (unpaired) electrons. The van der Waals surface area contributed by atoms with Crippen molar-refractivity contribution in [3.05, 3.63) is 47.9 Å². The summed E-state index contributed by atoms with van der Waals surface area (Å²) in [6, 6.07) is 8.65. The van der Waals surface area contributed by atoms with E-state index < -0.39 is 0 Å². The summed E-state index contributed by atoms with van der Waals surface area (Å²) in [7, 11) is 1.73. The summed E-state index contributed by atoms with van der Waals surface area (Å²) in [5.41, 5.74) is 0.481. The minimum Gasteiger partial charge on any atom is -0.486 e. The van der Waals surface area contributed by atoms with E-state index in [0.717, 1.165) is 6.54 Å². The van der Waals surface area contributed by atoms with Crippen LogP contribution in [-0.4, -0.2) is 35.9 Å². The molecule has 0 aliphatic heterocycles. The maximum Gasteiger partial charge on any atom is 0.256 e. The van der Waals surface area contributed by atoms with Gasteiger partial charge in [-0.25, -0.2) is 4.68 Å². The van der Waals surface area contributed by atoms with Gasteiger partial charge in [0, 0.05) is 31.4 Å². The van der Waals surface area contributed by atoms with Gasteiger partial charge in [0.2, 0.25) is 0 Å². The van der Waals surface area contributed by atoms with E-state index in [0.29, 0.717) is 23.0 Å². The number of carbonyl (C=O) groups excluding carboxylic acids is 1. The first-order valence-electron chi connectivity index (χ1n) is 7.44. The number of hydrogen-bond acceptors (Lipinski definition) is 6. The van der Waals surface area contributed by atoms with Crippen molar-refractivity contribution < 1.29 is 9.53 Å². The lowest BCUT2D eigenvalue weighted by atomic mass is 10.2. The van der Waals surface area contributed by atoms with Gasteiger partial charge in [0.1, 0.15) is 12.4 Å². The number of carbonyl (C=O) groups is 1. The third-order valence-electron chi connectivity index (χ3n) is 3.38. The van der Waals surface area contributed by atoms with Gasteiger partial charge in [-0.15, -0.1) is 5.10 Å². The SMILES string of the molecule is CCn1ccc(NC(=O)c2cccc(OCc3nnnn3C)c2)n1. The summed E-state index contributed by atoms with van der Waals surface area (Å²) in [6.45, 7) is 2.94. The van der Waals surface area contributed by atoms with Crippen LogP contribution in [0.15, 0.2) is 36.5 Å². The van der Waals surface area contributed by atoms with Crippen LogP contribution < -0.4 is 10.1 Å². The van der Waals surface area contributed by atoms with Gasteiger partial charge < -0.3 is 10.1 Å². The number of nitrogens with one attached hydrogen (secondary N) is 1. The topological polar surface area (TPSA) is 99.8 Å². The Labute approximate surface area is 138 Å². The van der Waals surface area contributed by atoms with Crippen LogP contribution in [-0.2, 0) is 20.2 Å². The van der Waals surface area contributed by atoms with E-state index in [2.05, 4.69) is 25.9 Å². The molecule has 124 valence electrons. The zero-order valence-electron chi connectivity index (χ0n) is 13.4. The van der Waals surface area contributed by atoms with E-state index in [1.165, 1.54) is 4.68 Å². The number of benzene rings is 1. The number of aromatic nitrogens is 6. The Bertz CT molecular complexity index is 840. The van der Waals surface area contributed by atoms with Gasteiger partial charge in [-0.1, -0.05) is 6.07 Å². The zero-order chi connectivity index (χ0) is 16.9. The van der Waals surface area contributed by atoms with Gasteiger partial charge in [-0.05, 0) is 35.5 Å². The van der Waals surface area contributed by atoms with Gasteiger partial charge in [0.15, 0.2) is 11.6 Å². The van der Waals surface area contributed by atoms with Crippen molar-refractivity contribution in [1.29, 1.82) is 0 Å². The number of tetrazole rings is 1. The third kappa shape index (κ3) is 3.57. The third-order valence-corrected chi connectivity index (χ3v) is 3.38. The molecule has 0 unspecified atom stereocenters. The number of nitrogens with zero attached hydrogens (tertiary/aromatic N) is 6. The smallest absolute Gasteiger partial charge is 0.256 e. The Morgan fingerprint density at radius 3 is 2.92 bits per heavy atom. The second kappa shape index (κ2) is 6.90. The van der Waals surface area contributed by atoms with Gasteiger partial charge in [-0.3, -0.25) is 9.48 Å². The molecule has 2 aromatic heterocycles. The Morgan fingerprint density at radius 1 is 1.33 bits per heavy atom. The average molecular weight is 327 g/mol. The Hall–Kier alpha value is -3.23. The average Bonchev–Trinajstić information content (AvgIpc) is 3.22. The van der Waals surface area contributed by atoms with E-state index >= 15 is 0 Å². The quantitative estimate of drug-likeness (QED) is 0.731. The molecule has 1 aromatic carbocycles. The molecule has 1 N–H and O–H groups in total. The van der Waals surface area contributed by atoms with Crippen LogP contribution in [0.4, 0.5) is 5.82 Å². The molecule has 3 rings (SSSR count). The molecule has 3 aromatic rings. The predicted molar refractivity (Wildman–Crippen MR) is 85.4 cm³/mol. The molecule has 0 aliphatic carbocycles. The molecular weight excluding hydrogens is 310 g/mol. The normalized spacial score (nSPS) is 10.6. The molecule has 24 heavy (non-hydrogen) atoms. The minimum absolute atomic E-state index is 0.218. The van der Waals surface area contributed by atoms with Crippen molar-refractivity contribution in [2.45, 2.75) is 20.1 Å². The van der Waals surface area contributed by atoms with Crippen molar-refractivity contribution in [3.8, 4) is 5.75 Å². The van der Waals surface area contributed by atoms with Crippen molar-refractivity contribution in [2.75, 3.05) is 5.32 Å². The summed E-state index contributed by atoms with van der Waals surface area (Å²) in [5, 5.41) is 18.1. The summed E-state index contributed by atoms with van der Waals surface area (Å²) < 4.78 is 8.90. The van der Waals surface area contributed by atoms with Crippen molar-refractivity contribution >= 4 is 11.7 Å². The largest absolute Gasteiger partial charge is 0.486 e. The molecule has 1 amide bonds. The molecular formula is C15H17N7O2. The highest BCUT2D eigenvalue weighted by atomic mass is 16.5. The number of anilines is 1. The maximum absolute atomic E-state index is 12.3. The second-order valence-electron chi connectivity index (χ2n) is 5.05. The zero-order valence-corrected chi connectivity index (χ0v) is 13.4. The molecule has 2 heterocycles. The molecule has 0 fully saturated rings. The summed E-state index contributed by atoms with van der Waals surface area (Å²) in [4.78, 5) is 12.3. The molecule has 0 saturated carbocycles. The fourth-order valence-corrected chi connectivity index (χ4v) is 2.04. The summed E-state index contributed by atoms with van der Waals surface area (Å²) in [5.74, 6) is 1.42. The minimum atomic E-state index is -0.248. The van der Waals surface area contributed by atoms with E-state index in [-0.39, 0.29) is 12.5 Å². The second-order valence-corrected chi connectivity index (χ2v) is 5.05. The standard InChI is InChI=1S/C15H17N7O2/c1-3-22-8-7-13(18-22)16-15(23)11-5-4-6-12(9-11)24-10-14-17-19-20-21(14)2/h4-9H,3,10H2,1-2H3,(H,16,18,23). The van der Waals surface area contributed by atoms with E-state index in [9.17, 15) is 4.79 Å². The van der Waals surface area contributed by atoms with Crippen LogP contribution >= 0.6 is 0 Å². The molecule has 0 saturated heterocycles. The number of rotatable bonds is 6. The predicted octanol–water partition coefficient (Wildman–Crippen LogP) is 1.26. The number of ether oxygens (including phenoxy) is 1. The highest BCUT2D eigenvalue weighted by Gasteiger charge is 2.10. The molecule has 0 bridgehead atoms. The van der Waals surface area contributed by atoms with Gasteiger partial charge in [0.25, 0.3) is 5.91 Å². The monoisotopic (exact) mass is 327 g/mol. The van der Waals surface area contributed by atoms with Crippen LogP contribution in [0.3, 0.4) is 0 Å². The Morgan fingerprint density at radius 2 is 2.21 bits per heavy atom.